The normalized spacial score (nSPS) is 17.9. The van der Waals surface area contributed by atoms with Crippen molar-refractivity contribution >= 4 is 6.03 Å². The van der Waals surface area contributed by atoms with Crippen LogP contribution in [0.2, 0.25) is 0 Å². The van der Waals surface area contributed by atoms with Gasteiger partial charge in [-0.2, -0.15) is 0 Å². The molecule has 2 amide bonds. The van der Waals surface area contributed by atoms with Gasteiger partial charge < -0.3 is 20.5 Å². The summed E-state index contributed by atoms with van der Waals surface area (Å²) < 4.78 is 5.44. The van der Waals surface area contributed by atoms with Crippen molar-refractivity contribution in [2.75, 3.05) is 26.4 Å². The third-order valence-electron chi connectivity index (χ3n) is 4.65. The summed E-state index contributed by atoms with van der Waals surface area (Å²) in [5.74, 6) is 0.851. The number of aliphatic hydroxyl groups is 1. The summed E-state index contributed by atoms with van der Waals surface area (Å²) in [6.45, 7) is 4.38. The van der Waals surface area contributed by atoms with E-state index >= 15 is 0 Å². The Morgan fingerprint density at radius 2 is 2.00 bits per heavy atom. The van der Waals surface area contributed by atoms with Crippen LogP contribution in [0.25, 0.3) is 0 Å². The van der Waals surface area contributed by atoms with Crippen molar-refractivity contribution in [1.82, 2.24) is 10.6 Å². The number of benzene rings is 1. The van der Waals surface area contributed by atoms with Crippen LogP contribution >= 0.6 is 0 Å². The lowest BCUT2D eigenvalue weighted by Gasteiger charge is -2.28. The summed E-state index contributed by atoms with van der Waals surface area (Å²) in [5, 5.41) is 15.0. The van der Waals surface area contributed by atoms with Gasteiger partial charge in [-0.3, -0.25) is 0 Å². The molecule has 5 heteroatoms. The zero-order valence-corrected chi connectivity index (χ0v) is 14.5. The predicted octanol–water partition coefficient (Wildman–Crippen LogP) is 2.86. The number of amides is 2. The Kier molecular flexibility index (Phi) is 8.05. The van der Waals surface area contributed by atoms with Gasteiger partial charge in [-0.15, -0.1) is 0 Å². The molecular formula is C19H30N2O3. The zero-order valence-electron chi connectivity index (χ0n) is 14.5. The molecule has 134 valence electrons. The highest BCUT2D eigenvalue weighted by atomic mass is 16.5. The van der Waals surface area contributed by atoms with E-state index in [1.165, 1.54) is 0 Å². The van der Waals surface area contributed by atoms with Crippen LogP contribution in [0.3, 0.4) is 0 Å². The van der Waals surface area contributed by atoms with Gasteiger partial charge in [0.25, 0.3) is 0 Å². The maximum Gasteiger partial charge on any atom is 0.315 e. The lowest BCUT2D eigenvalue weighted by molar-refractivity contribution is 0.0609. The van der Waals surface area contributed by atoms with E-state index in [1.807, 2.05) is 25.1 Å². The first kappa shape index (κ1) is 18.7. The monoisotopic (exact) mass is 334 g/mol. The second-order valence-electron chi connectivity index (χ2n) is 6.73. The molecule has 1 aromatic carbocycles. The van der Waals surface area contributed by atoms with E-state index in [4.69, 9.17) is 9.84 Å². The maximum atomic E-state index is 12.3. The van der Waals surface area contributed by atoms with Crippen LogP contribution in [0, 0.1) is 11.8 Å². The first-order valence-corrected chi connectivity index (χ1v) is 8.97. The SMILES string of the molecule is CC(CCO)CNC(=O)NC(CC1CCOCC1)c1ccccc1. The predicted molar refractivity (Wildman–Crippen MR) is 94.7 cm³/mol. The summed E-state index contributed by atoms with van der Waals surface area (Å²) in [5.41, 5.74) is 1.14. The average Bonchev–Trinajstić information content (AvgIpc) is 2.61. The summed E-state index contributed by atoms with van der Waals surface area (Å²) in [6.07, 6.45) is 3.75. The molecule has 1 heterocycles. The third-order valence-corrected chi connectivity index (χ3v) is 4.65. The highest BCUT2D eigenvalue weighted by Gasteiger charge is 2.22. The van der Waals surface area contributed by atoms with Gasteiger partial charge in [-0.1, -0.05) is 37.3 Å². The van der Waals surface area contributed by atoms with Gasteiger partial charge in [0, 0.05) is 26.4 Å². The molecule has 2 unspecified atom stereocenters. The Morgan fingerprint density at radius 3 is 2.67 bits per heavy atom. The first-order valence-electron chi connectivity index (χ1n) is 8.97. The van der Waals surface area contributed by atoms with Gasteiger partial charge in [0.2, 0.25) is 0 Å². The first-order chi connectivity index (χ1) is 11.7. The van der Waals surface area contributed by atoms with E-state index in [0.717, 1.165) is 38.0 Å². The number of nitrogens with one attached hydrogen (secondary N) is 2. The molecule has 24 heavy (non-hydrogen) atoms. The van der Waals surface area contributed by atoms with Gasteiger partial charge in [0.15, 0.2) is 0 Å². The fourth-order valence-corrected chi connectivity index (χ4v) is 3.08. The molecule has 5 nitrogen and oxygen atoms in total. The lowest BCUT2D eigenvalue weighted by Crippen LogP contribution is -2.40. The standard InChI is InChI=1S/C19H30N2O3/c1-15(7-10-22)14-20-19(23)21-18(17-5-3-2-4-6-17)13-16-8-11-24-12-9-16/h2-6,15-16,18,22H,7-14H2,1H3,(H2,20,21,23). The van der Waals surface area contributed by atoms with Crippen molar-refractivity contribution in [3.05, 3.63) is 35.9 Å². The molecular weight excluding hydrogens is 304 g/mol. The zero-order chi connectivity index (χ0) is 17.2. The smallest absolute Gasteiger partial charge is 0.315 e. The number of hydrogen-bond acceptors (Lipinski definition) is 3. The number of aliphatic hydroxyl groups excluding tert-OH is 1. The minimum Gasteiger partial charge on any atom is -0.396 e. The molecule has 1 aliphatic rings. The van der Waals surface area contributed by atoms with E-state index in [1.54, 1.807) is 0 Å². The summed E-state index contributed by atoms with van der Waals surface area (Å²) in [4.78, 5) is 12.3. The summed E-state index contributed by atoms with van der Waals surface area (Å²) in [6, 6.07) is 10.0. The van der Waals surface area contributed by atoms with Crippen molar-refractivity contribution in [3.63, 3.8) is 0 Å². The fourth-order valence-electron chi connectivity index (χ4n) is 3.08. The lowest BCUT2D eigenvalue weighted by atomic mass is 9.89. The number of carbonyl (C=O) groups excluding carboxylic acids is 1. The number of hydrogen-bond donors (Lipinski definition) is 3. The molecule has 2 atom stereocenters. The molecule has 0 spiro atoms. The molecule has 0 radical (unpaired) electrons. The van der Waals surface area contributed by atoms with E-state index < -0.39 is 0 Å². The molecule has 1 aliphatic heterocycles. The molecule has 0 saturated carbocycles. The average molecular weight is 334 g/mol. The molecule has 0 aliphatic carbocycles. The molecule has 3 N–H and O–H groups in total. The highest BCUT2D eigenvalue weighted by Crippen LogP contribution is 2.27. The molecule has 1 aromatic rings. The van der Waals surface area contributed by atoms with Crippen molar-refractivity contribution in [2.45, 2.75) is 38.6 Å². The number of rotatable bonds is 8. The Labute approximate surface area is 144 Å². The van der Waals surface area contributed by atoms with Crippen molar-refractivity contribution in [3.8, 4) is 0 Å². The molecule has 2 rings (SSSR count). The minimum absolute atomic E-state index is 0.0162. The van der Waals surface area contributed by atoms with Crippen LogP contribution < -0.4 is 10.6 Å². The van der Waals surface area contributed by atoms with Crippen LogP contribution in [0.1, 0.15) is 44.2 Å². The summed E-state index contributed by atoms with van der Waals surface area (Å²) in [7, 11) is 0. The van der Waals surface area contributed by atoms with E-state index in [0.29, 0.717) is 18.9 Å². The van der Waals surface area contributed by atoms with E-state index in [2.05, 4.69) is 22.8 Å². The third kappa shape index (κ3) is 6.49. The van der Waals surface area contributed by atoms with Crippen molar-refractivity contribution in [2.24, 2.45) is 11.8 Å². The largest absolute Gasteiger partial charge is 0.396 e. The number of urea groups is 1. The van der Waals surface area contributed by atoms with Crippen LogP contribution in [-0.2, 0) is 4.74 Å². The topological polar surface area (TPSA) is 70.6 Å². The molecule has 1 saturated heterocycles. The summed E-state index contributed by atoms with van der Waals surface area (Å²) >= 11 is 0. The van der Waals surface area contributed by atoms with Crippen molar-refractivity contribution < 1.29 is 14.6 Å². The minimum atomic E-state index is -0.138. The van der Waals surface area contributed by atoms with Gasteiger partial charge in [0.1, 0.15) is 0 Å². The number of ether oxygens (including phenoxy) is 1. The number of carbonyl (C=O) groups is 1. The van der Waals surface area contributed by atoms with Crippen LogP contribution in [-0.4, -0.2) is 37.5 Å². The second kappa shape index (κ2) is 10.3. The quantitative estimate of drug-likeness (QED) is 0.684. The Bertz CT molecular complexity index is 475. The molecule has 0 bridgehead atoms. The van der Waals surface area contributed by atoms with Crippen LogP contribution in [0.5, 0.6) is 0 Å². The Morgan fingerprint density at radius 1 is 1.29 bits per heavy atom. The van der Waals surface area contributed by atoms with Gasteiger partial charge in [-0.25, -0.2) is 4.79 Å². The maximum absolute atomic E-state index is 12.3. The Balaban J connectivity index is 1.91. The molecule has 1 fully saturated rings. The fraction of sp³-hybridized carbons (Fsp3) is 0.632. The Hall–Kier alpha value is -1.59. The van der Waals surface area contributed by atoms with Gasteiger partial charge in [-0.05, 0) is 43.1 Å². The van der Waals surface area contributed by atoms with E-state index in [9.17, 15) is 4.79 Å². The van der Waals surface area contributed by atoms with Crippen LogP contribution in [0.4, 0.5) is 4.79 Å². The van der Waals surface area contributed by atoms with Crippen molar-refractivity contribution in [1.29, 1.82) is 0 Å². The highest BCUT2D eigenvalue weighted by molar-refractivity contribution is 5.74. The van der Waals surface area contributed by atoms with Gasteiger partial charge >= 0.3 is 6.03 Å². The molecule has 0 aromatic heterocycles. The second-order valence-corrected chi connectivity index (χ2v) is 6.73. The van der Waals surface area contributed by atoms with Gasteiger partial charge in [0.05, 0.1) is 6.04 Å². The van der Waals surface area contributed by atoms with E-state index in [-0.39, 0.29) is 24.6 Å². The van der Waals surface area contributed by atoms with Crippen LogP contribution in [0.15, 0.2) is 30.3 Å².